The van der Waals surface area contributed by atoms with Gasteiger partial charge in [0.1, 0.15) is 6.23 Å². The first kappa shape index (κ1) is 27.4. The van der Waals surface area contributed by atoms with Gasteiger partial charge in [0.25, 0.3) is 5.91 Å². The lowest BCUT2D eigenvalue weighted by atomic mass is 9.88. The van der Waals surface area contributed by atoms with E-state index in [9.17, 15) is 14.7 Å². The molecule has 3 aromatic carbocycles. The van der Waals surface area contributed by atoms with Gasteiger partial charge in [-0.2, -0.15) is 23.5 Å². The molecule has 8 rings (SSSR count). The van der Waals surface area contributed by atoms with Crippen LogP contribution in [0.2, 0.25) is 0 Å². The van der Waals surface area contributed by atoms with Crippen LogP contribution in [0.1, 0.15) is 53.5 Å². The van der Waals surface area contributed by atoms with E-state index in [4.69, 9.17) is 9.47 Å². The minimum absolute atomic E-state index is 0.0121. The number of rotatable bonds is 7. The molecule has 3 aliphatic heterocycles. The van der Waals surface area contributed by atoms with Crippen molar-refractivity contribution < 1.29 is 24.2 Å². The summed E-state index contributed by atoms with van der Waals surface area (Å²) in [5, 5.41) is 19.2. The first-order valence-corrected chi connectivity index (χ1v) is 17.2. The molecule has 3 atom stereocenters. The third kappa shape index (κ3) is 3.38. The van der Waals surface area contributed by atoms with E-state index in [1.165, 1.54) is 18.2 Å². The molecule has 2 aromatic heterocycles. The van der Waals surface area contributed by atoms with E-state index in [2.05, 4.69) is 59.5 Å². The number of aryl methyl sites for hydroxylation is 1. The average Bonchev–Trinajstić information content (AvgIpc) is 3.70. The quantitative estimate of drug-likeness (QED) is 0.223. The number of fused-ring (bicyclic) bond motifs is 13. The van der Waals surface area contributed by atoms with E-state index in [0.29, 0.717) is 12.1 Å². The van der Waals surface area contributed by atoms with Crippen molar-refractivity contribution in [3.8, 4) is 0 Å². The summed E-state index contributed by atoms with van der Waals surface area (Å²) in [5.74, 6) is 2.07. The molecule has 1 fully saturated rings. The number of hydrogen-bond donors (Lipinski definition) is 2. The van der Waals surface area contributed by atoms with E-state index in [0.717, 1.165) is 72.9 Å². The molecule has 0 aliphatic carbocycles. The van der Waals surface area contributed by atoms with Gasteiger partial charge < -0.3 is 29.0 Å². The lowest BCUT2D eigenvalue weighted by molar-refractivity contribution is -0.202. The van der Waals surface area contributed by atoms with Crippen LogP contribution in [0, 0.1) is 0 Å². The van der Waals surface area contributed by atoms with Crippen molar-refractivity contribution in [2.45, 2.75) is 56.5 Å². The first-order chi connectivity index (χ1) is 20.8. The Bertz CT molecular complexity index is 2050. The fraction of sp³-hybridized carbons (Fsp3) is 0.394. The number of aliphatic hydroxyl groups is 1. The highest BCUT2D eigenvalue weighted by molar-refractivity contribution is 7.98. The minimum atomic E-state index is -1.95. The van der Waals surface area contributed by atoms with Crippen molar-refractivity contribution in [3.63, 3.8) is 0 Å². The third-order valence-corrected chi connectivity index (χ3v) is 11.3. The number of thioether (sulfide) groups is 2. The first-order valence-electron chi connectivity index (χ1n) is 14.7. The van der Waals surface area contributed by atoms with Crippen molar-refractivity contribution in [1.29, 1.82) is 0 Å². The molecule has 43 heavy (non-hydrogen) atoms. The van der Waals surface area contributed by atoms with Crippen LogP contribution < -0.4 is 5.32 Å². The number of carbonyl (C=O) groups is 2. The summed E-state index contributed by atoms with van der Waals surface area (Å²) in [6.45, 7) is 4.36. The molecule has 5 heterocycles. The van der Waals surface area contributed by atoms with Crippen LogP contribution in [0.15, 0.2) is 36.4 Å². The molecule has 0 radical (unpaired) electrons. The lowest BCUT2D eigenvalue weighted by Gasteiger charge is -2.37. The van der Waals surface area contributed by atoms with E-state index in [1.807, 2.05) is 16.3 Å². The molecule has 1 amide bonds. The maximum Gasteiger partial charge on any atom is 0.343 e. The summed E-state index contributed by atoms with van der Waals surface area (Å²) in [6, 6.07) is 12.8. The molecule has 5 aromatic rings. The Balaban J connectivity index is 1.60. The zero-order chi connectivity index (χ0) is 29.8. The Kier molecular flexibility index (Phi) is 5.99. The van der Waals surface area contributed by atoms with Gasteiger partial charge >= 0.3 is 5.97 Å². The summed E-state index contributed by atoms with van der Waals surface area (Å²) < 4.78 is 16.2. The van der Waals surface area contributed by atoms with Gasteiger partial charge in [0.15, 0.2) is 5.72 Å². The number of nitrogens with zero attached hydrogens (tertiary/aromatic N) is 2. The molecule has 222 valence electrons. The molecule has 10 heteroatoms. The maximum atomic E-state index is 13.7. The second-order valence-corrected chi connectivity index (χ2v) is 14.1. The van der Waals surface area contributed by atoms with Crippen LogP contribution in [0.3, 0.4) is 0 Å². The molecule has 1 saturated heterocycles. The monoisotopic (exact) mass is 615 g/mol. The van der Waals surface area contributed by atoms with E-state index in [-0.39, 0.29) is 12.3 Å². The van der Waals surface area contributed by atoms with Gasteiger partial charge in [-0.25, -0.2) is 4.79 Å². The molecule has 2 N–H and O–H groups in total. The Morgan fingerprint density at radius 2 is 1.88 bits per heavy atom. The van der Waals surface area contributed by atoms with Gasteiger partial charge in [-0.1, -0.05) is 19.1 Å². The highest BCUT2D eigenvalue weighted by Crippen LogP contribution is 2.58. The fourth-order valence-corrected chi connectivity index (χ4v) is 8.83. The van der Waals surface area contributed by atoms with Crippen molar-refractivity contribution in [1.82, 2.24) is 14.5 Å². The van der Waals surface area contributed by atoms with Crippen LogP contribution in [-0.2, 0) is 38.7 Å². The zero-order valence-corrected chi connectivity index (χ0v) is 26.2. The van der Waals surface area contributed by atoms with E-state index in [1.54, 1.807) is 18.7 Å². The zero-order valence-electron chi connectivity index (χ0n) is 24.6. The van der Waals surface area contributed by atoms with Crippen molar-refractivity contribution in [2.75, 3.05) is 24.9 Å². The number of esters is 1. The van der Waals surface area contributed by atoms with Crippen LogP contribution in [0.5, 0.6) is 0 Å². The smallest absolute Gasteiger partial charge is 0.343 e. The largest absolute Gasteiger partial charge is 0.467 e. The van der Waals surface area contributed by atoms with Gasteiger partial charge in [0, 0.05) is 40.3 Å². The number of nitrogens with one attached hydrogen (secondary N) is 1. The predicted molar refractivity (Wildman–Crippen MR) is 173 cm³/mol. The van der Waals surface area contributed by atoms with Gasteiger partial charge in [-0.15, -0.1) is 0 Å². The van der Waals surface area contributed by atoms with Crippen LogP contribution >= 0.6 is 23.5 Å². The molecular weight excluding hydrogens is 583 g/mol. The van der Waals surface area contributed by atoms with Crippen molar-refractivity contribution >= 4 is 79.0 Å². The number of benzene rings is 3. The lowest BCUT2D eigenvalue weighted by Crippen LogP contribution is -2.56. The number of aromatic nitrogens is 2. The average molecular weight is 616 g/mol. The SMILES string of the molecule is CCSCc1ccc2c(c1)c1c3c(c4c5cc(CCSC)ccc5n5c4c1n2C1CC(O)(C(=O)OC)C5(C)O1)CNC3=O. The standard InChI is InChI=1S/C33H33N3O5S2/c1-5-43-16-18-7-8-22-19(13-18)26-27-21(15-34-30(27)37)25-20-12-17(10-11-42-4)6-9-23(20)36-29(25)28(26)35(22)24-14-33(39,31(38)40-3)32(36,2)41-24/h6-9,12-13,24,39H,5,10-11,14-16H2,1-4H3,(H,34,37). The number of ether oxygens (including phenoxy) is 2. The Morgan fingerprint density at radius 3 is 2.65 bits per heavy atom. The Hall–Kier alpha value is -3.18. The third-order valence-electron chi connectivity index (χ3n) is 9.74. The molecule has 0 saturated carbocycles. The summed E-state index contributed by atoms with van der Waals surface area (Å²) in [7, 11) is 1.30. The number of amides is 1. The predicted octanol–water partition coefficient (Wildman–Crippen LogP) is 5.81. The second-order valence-electron chi connectivity index (χ2n) is 11.9. The molecule has 3 unspecified atom stereocenters. The fourth-order valence-electron chi connectivity index (χ4n) is 7.77. The van der Waals surface area contributed by atoms with Crippen molar-refractivity contribution in [2.24, 2.45) is 0 Å². The van der Waals surface area contributed by atoms with E-state index >= 15 is 0 Å². The normalized spacial score (nSPS) is 24.0. The molecule has 3 aliphatic rings. The van der Waals surface area contributed by atoms with Crippen LogP contribution in [0.25, 0.3) is 43.6 Å². The van der Waals surface area contributed by atoms with Gasteiger partial charge in [0.2, 0.25) is 5.60 Å². The minimum Gasteiger partial charge on any atom is -0.467 e. The van der Waals surface area contributed by atoms with Crippen LogP contribution in [-0.4, -0.2) is 56.6 Å². The summed E-state index contributed by atoms with van der Waals surface area (Å²) in [6.07, 6.45) is 2.36. The maximum absolute atomic E-state index is 13.7. The van der Waals surface area contributed by atoms with Gasteiger partial charge in [0.05, 0.1) is 34.7 Å². The number of carbonyl (C=O) groups excluding carboxylic acids is 2. The number of methoxy groups -OCH3 is 1. The Morgan fingerprint density at radius 1 is 1.14 bits per heavy atom. The molecule has 8 nitrogen and oxygen atoms in total. The highest BCUT2D eigenvalue weighted by atomic mass is 32.2. The van der Waals surface area contributed by atoms with Gasteiger partial charge in [-0.05, 0) is 72.1 Å². The second kappa shape index (κ2) is 9.41. The Labute approximate surface area is 257 Å². The summed E-state index contributed by atoms with van der Waals surface area (Å²) in [4.78, 5) is 27.1. The summed E-state index contributed by atoms with van der Waals surface area (Å²) >= 11 is 3.66. The van der Waals surface area contributed by atoms with E-state index < -0.39 is 23.5 Å². The molecule has 0 spiro atoms. The highest BCUT2D eigenvalue weighted by Gasteiger charge is 2.65. The van der Waals surface area contributed by atoms with Crippen LogP contribution in [0.4, 0.5) is 0 Å². The van der Waals surface area contributed by atoms with Crippen molar-refractivity contribution in [3.05, 3.63) is 58.7 Å². The molecular formula is C33H33N3O5S2. The number of hydrogen-bond acceptors (Lipinski definition) is 7. The topological polar surface area (TPSA) is 94.7 Å². The summed E-state index contributed by atoms with van der Waals surface area (Å²) in [5.41, 5.74) is 4.17. The van der Waals surface area contributed by atoms with Gasteiger partial charge in [-0.3, -0.25) is 4.79 Å². The molecule has 2 bridgehead atoms.